The summed E-state index contributed by atoms with van der Waals surface area (Å²) >= 11 is 0. The Labute approximate surface area is 138 Å². The zero-order valence-electron chi connectivity index (χ0n) is 13.7. The first-order valence-electron chi connectivity index (χ1n) is 8.41. The van der Waals surface area contributed by atoms with Gasteiger partial charge in [0.1, 0.15) is 0 Å². The number of rotatable bonds is 3. The van der Waals surface area contributed by atoms with Crippen molar-refractivity contribution in [2.24, 2.45) is 0 Å². The maximum absolute atomic E-state index is 13.5. The zero-order valence-corrected chi connectivity index (χ0v) is 13.7. The number of likely N-dealkylation sites (tertiary alicyclic amines) is 1. The van der Waals surface area contributed by atoms with Crippen molar-refractivity contribution < 1.29 is 13.6 Å². The number of aromatic nitrogens is 3. The average molecular weight is 334 g/mol. The molecule has 24 heavy (non-hydrogen) atoms. The van der Waals surface area contributed by atoms with E-state index in [-0.39, 0.29) is 25.0 Å². The van der Waals surface area contributed by atoms with E-state index >= 15 is 0 Å². The molecule has 3 heterocycles. The van der Waals surface area contributed by atoms with Gasteiger partial charge in [0.15, 0.2) is 18.0 Å². The highest BCUT2D eigenvalue weighted by molar-refractivity contribution is 6.05. The van der Waals surface area contributed by atoms with Crippen LogP contribution < -0.4 is 0 Å². The van der Waals surface area contributed by atoms with Crippen LogP contribution in [0.3, 0.4) is 0 Å². The third-order valence-electron chi connectivity index (χ3n) is 4.77. The number of carbonyl (C=O) groups is 1. The Morgan fingerprint density at radius 2 is 1.92 bits per heavy atom. The summed E-state index contributed by atoms with van der Waals surface area (Å²) in [6, 6.07) is 1.90. The lowest BCUT2D eigenvalue weighted by Gasteiger charge is -2.16. The second-order valence-electron chi connectivity index (χ2n) is 7.03. The Hall–Kier alpha value is -2.05. The minimum Gasteiger partial charge on any atom is -0.333 e. The molecule has 7 heteroatoms. The van der Waals surface area contributed by atoms with E-state index in [1.165, 1.54) is 4.90 Å². The van der Waals surface area contributed by atoms with E-state index < -0.39 is 12.3 Å². The first-order valence-corrected chi connectivity index (χ1v) is 8.41. The topological polar surface area (TPSA) is 51.0 Å². The molecule has 0 bridgehead atoms. The number of alkyl halides is 2. The van der Waals surface area contributed by atoms with E-state index in [0.29, 0.717) is 22.5 Å². The highest BCUT2D eigenvalue weighted by Crippen LogP contribution is 2.40. The number of halogens is 2. The molecule has 0 N–H and O–H groups in total. The van der Waals surface area contributed by atoms with Gasteiger partial charge in [0, 0.05) is 17.7 Å². The van der Waals surface area contributed by atoms with Gasteiger partial charge in [-0.25, -0.2) is 18.4 Å². The fourth-order valence-corrected chi connectivity index (χ4v) is 3.24. The van der Waals surface area contributed by atoms with Crippen molar-refractivity contribution in [1.82, 2.24) is 19.7 Å². The van der Waals surface area contributed by atoms with E-state index in [0.717, 1.165) is 18.5 Å². The number of fused-ring (bicyclic) bond motifs is 1. The van der Waals surface area contributed by atoms with Gasteiger partial charge in [-0.2, -0.15) is 5.10 Å². The molecule has 1 amide bonds. The van der Waals surface area contributed by atoms with E-state index in [9.17, 15) is 13.6 Å². The summed E-state index contributed by atoms with van der Waals surface area (Å²) in [6.45, 7) is 3.62. The monoisotopic (exact) mass is 334 g/mol. The van der Waals surface area contributed by atoms with Crippen molar-refractivity contribution in [2.45, 2.75) is 51.0 Å². The van der Waals surface area contributed by atoms with Crippen molar-refractivity contribution in [3.63, 3.8) is 0 Å². The highest BCUT2D eigenvalue weighted by atomic mass is 19.2. The molecule has 2 aliphatic rings. The van der Waals surface area contributed by atoms with Crippen LogP contribution >= 0.6 is 0 Å². The minimum absolute atomic E-state index is 0.115. The Kier molecular flexibility index (Phi) is 3.54. The van der Waals surface area contributed by atoms with Crippen molar-refractivity contribution in [2.75, 3.05) is 13.1 Å². The summed E-state index contributed by atoms with van der Waals surface area (Å²) in [5.74, 6) is 0.0355. The van der Waals surface area contributed by atoms with Crippen LogP contribution in [0.2, 0.25) is 0 Å². The SMILES string of the molecule is CC(C)n1ncc2c(C(=O)N3C[C@@H](F)[C@@H](F)C3)cc(C3CC3)nc21. The predicted octanol–water partition coefficient (Wildman–Crippen LogP) is 3.02. The van der Waals surface area contributed by atoms with Crippen LogP contribution in [0.1, 0.15) is 54.7 Å². The summed E-state index contributed by atoms with van der Waals surface area (Å²) < 4.78 is 28.8. The van der Waals surface area contributed by atoms with Crippen LogP contribution in [-0.2, 0) is 0 Å². The zero-order chi connectivity index (χ0) is 17.0. The molecule has 1 aliphatic heterocycles. The molecular formula is C17H20F2N4O. The summed E-state index contributed by atoms with van der Waals surface area (Å²) in [4.78, 5) is 18.8. The number of amides is 1. The van der Waals surface area contributed by atoms with Gasteiger partial charge in [0.05, 0.1) is 30.2 Å². The molecular weight excluding hydrogens is 314 g/mol. The minimum atomic E-state index is -1.60. The lowest BCUT2D eigenvalue weighted by atomic mass is 10.1. The second kappa shape index (κ2) is 5.50. The lowest BCUT2D eigenvalue weighted by Crippen LogP contribution is -2.29. The molecule has 4 rings (SSSR count). The predicted molar refractivity (Wildman–Crippen MR) is 85.6 cm³/mol. The molecule has 1 saturated heterocycles. The summed E-state index contributed by atoms with van der Waals surface area (Å²) in [6.07, 6.45) is 0.540. The molecule has 0 spiro atoms. The van der Waals surface area contributed by atoms with Crippen molar-refractivity contribution >= 4 is 16.9 Å². The standard InChI is InChI=1S/C17H20F2N4O/c1-9(2)23-16-12(6-20-23)11(5-15(21-16)10-3-4-10)17(24)22-7-13(18)14(19)8-22/h5-6,9-10,13-14H,3-4,7-8H2,1-2H3/t13-,14+. The smallest absolute Gasteiger partial charge is 0.254 e. The van der Waals surface area contributed by atoms with Crippen LogP contribution in [-0.4, -0.2) is 51.0 Å². The number of nitrogens with zero attached hydrogens (tertiary/aromatic N) is 4. The van der Waals surface area contributed by atoms with Crippen molar-refractivity contribution in [3.05, 3.63) is 23.5 Å². The second-order valence-corrected chi connectivity index (χ2v) is 7.03. The van der Waals surface area contributed by atoms with Crippen LogP contribution in [0.5, 0.6) is 0 Å². The van der Waals surface area contributed by atoms with Gasteiger partial charge in [0.2, 0.25) is 0 Å². The van der Waals surface area contributed by atoms with Crippen molar-refractivity contribution in [3.8, 4) is 0 Å². The van der Waals surface area contributed by atoms with E-state index in [1.54, 1.807) is 16.9 Å². The van der Waals surface area contributed by atoms with Gasteiger partial charge < -0.3 is 4.90 Å². The molecule has 5 nitrogen and oxygen atoms in total. The van der Waals surface area contributed by atoms with Crippen LogP contribution in [0.15, 0.2) is 12.3 Å². The van der Waals surface area contributed by atoms with Gasteiger partial charge in [-0.15, -0.1) is 0 Å². The van der Waals surface area contributed by atoms with E-state index in [4.69, 9.17) is 4.98 Å². The maximum Gasteiger partial charge on any atom is 0.254 e. The average Bonchev–Trinajstić information content (AvgIpc) is 3.22. The number of carbonyl (C=O) groups excluding carboxylic acids is 1. The molecule has 0 radical (unpaired) electrons. The lowest BCUT2D eigenvalue weighted by molar-refractivity contribution is 0.0780. The first-order chi connectivity index (χ1) is 11.5. The largest absolute Gasteiger partial charge is 0.333 e. The molecule has 2 fully saturated rings. The molecule has 2 aromatic rings. The fraction of sp³-hybridized carbons (Fsp3) is 0.588. The highest BCUT2D eigenvalue weighted by Gasteiger charge is 2.37. The van der Waals surface area contributed by atoms with E-state index in [1.807, 2.05) is 13.8 Å². The Bertz CT molecular complexity index is 789. The maximum atomic E-state index is 13.5. The molecule has 2 aromatic heterocycles. The number of hydrogen-bond acceptors (Lipinski definition) is 3. The Balaban J connectivity index is 1.80. The van der Waals surface area contributed by atoms with Crippen LogP contribution in [0.25, 0.3) is 11.0 Å². The van der Waals surface area contributed by atoms with Crippen molar-refractivity contribution in [1.29, 1.82) is 0 Å². The van der Waals surface area contributed by atoms with Gasteiger partial charge in [-0.3, -0.25) is 4.79 Å². The Morgan fingerprint density at radius 1 is 1.25 bits per heavy atom. The van der Waals surface area contributed by atoms with Gasteiger partial charge in [-0.05, 0) is 32.8 Å². The molecule has 0 aromatic carbocycles. The number of hydrogen-bond donors (Lipinski definition) is 0. The van der Waals surface area contributed by atoms with Gasteiger partial charge in [-0.1, -0.05) is 0 Å². The summed E-state index contributed by atoms with van der Waals surface area (Å²) in [5.41, 5.74) is 2.00. The third kappa shape index (κ3) is 2.46. The fourth-order valence-electron chi connectivity index (χ4n) is 3.24. The van der Waals surface area contributed by atoms with Crippen LogP contribution in [0.4, 0.5) is 8.78 Å². The Morgan fingerprint density at radius 3 is 2.50 bits per heavy atom. The normalized spacial score (nSPS) is 24.3. The molecule has 0 unspecified atom stereocenters. The molecule has 128 valence electrons. The summed E-state index contributed by atoms with van der Waals surface area (Å²) in [5, 5.41) is 5.00. The molecule has 2 atom stereocenters. The van der Waals surface area contributed by atoms with Gasteiger partial charge in [0.25, 0.3) is 5.91 Å². The van der Waals surface area contributed by atoms with Gasteiger partial charge >= 0.3 is 0 Å². The quantitative estimate of drug-likeness (QED) is 0.867. The first kappa shape index (κ1) is 15.5. The molecule has 1 saturated carbocycles. The van der Waals surface area contributed by atoms with Crippen LogP contribution in [0, 0.1) is 0 Å². The summed E-state index contributed by atoms with van der Waals surface area (Å²) in [7, 11) is 0. The third-order valence-corrected chi connectivity index (χ3v) is 4.77. The van der Waals surface area contributed by atoms with E-state index in [2.05, 4.69) is 5.10 Å². The molecule has 1 aliphatic carbocycles. The number of pyridine rings is 1.